The van der Waals surface area contributed by atoms with Gasteiger partial charge in [-0.05, 0) is 25.3 Å². The van der Waals surface area contributed by atoms with Crippen molar-refractivity contribution in [1.82, 2.24) is 10.2 Å². The van der Waals surface area contributed by atoms with Gasteiger partial charge in [-0.15, -0.1) is 0 Å². The molecule has 1 aliphatic heterocycles. The molecule has 5 nitrogen and oxygen atoms in total. The van der Waals surface area contributed by atoms with E-state index in [1.54, 1.807) is 7.11 Å². The first-order valence-electron chi connectivity index (χ1n) is 7.82. The molecule has 120 valence electrons. The van der Waals surface area contributed by atoms with Gasteiger partial charge in [0.2, 0.25) is 0 Å². The molecule has 0 saturated carbocycles. The van der Waals surface area contributed by atoms with Crippen LogP contribution in [0.15, 0.2) is 0 Å². The van der Waals surface area contributed by atoms with Crippen LogP contribution < -0.4 is 5.32 Å². The van der Waals surface area contributed by atoms with Gasteiger partial charge >= 0.3 is 0 Å². The molecular formula is C15H32N2O3. The molecule has 1 fully saturated rings. The SMILES string of the molecule is COCCOCC(O)CN(CC(C)C)CC1CCCN1. The summed E-state index contributed by atoms with van der Waals surface area (Å²) in [5.41, 5.74) is 0. The molecule has 0 amide bonds. The van der Waals surface area contributed by atoms with Crippen LogP contribution in [-0.4, -0.2) is 75.3 Å². The first kappa shape index (κ1) is 17.9. The zero-order valence-corrected chi connectivity index (χ0v) is 13.3. The van der Waals surface area contributed by atoms with Crippen molar-refractivity contribution in [3.05, 3.63) is 0 Å². The summed E-state index contributed by atoms with van der Waals surface area (Å²) >= 11 is 0. The van der Waals surface area contributed by atoms with E-state index in [-0.39, 0.29) is 0 Å². The van der Waals surface area contributed by atoms with Gasteiger partial charge in [-0.2, -0.15) is 0 Å². The quantitative estimate of drug-likeness (QED) is 0.549. The van der Waals surface area contributed by atoms with Gasteiger partial charge in [-0.3, -0.25) is 4.90 Å². The molecule has 0 spiro atoms. The molecule has 0 aromatic carbocycles. The molecule has 0 bridgehead atoms. The van der Waals surface area contributed by atoms with Crippen LogP contribution in [0.2, 0.25) is 0 Å². The third-order valence-electron chi connectivity index (χ3n) is 3.48. The third kappa shape index (κ3) is 8.17. The van der Waals surface area contributed by atoms with Crippen LogP contribution in [0.3, 0.4) is 0 Å². The highest BCUT2D eigenvalue weighted by Crippen LogP contribution is 2.09. The molecule has 2 unspecified atom stereocenters. The Hall–Kier alpha value is -0.200. The fourth-order valence-corrected chi connectivity index (χ4v) is 2.68. The van der Waals surface area contributed by atoms with Crippen molar-refractivity contribution in [3.63, 3.8) is 0 Å². The van der Waals surface area contributed by atoms with E-state index in [4.69, 9.17) is 9.47 Å². The van der Waals surface area contributed by atoms with Crippen LogP contribution in [-0.2, 0) is 9.47 Å². The Labute approximate surface area is 123 Å². The molecule has 0 aliphatic carbocycles. The predicted octanol–water partition coefficient (Wildman–Crippen LogP) is 0.720. The van der Waals surface area contributed by atoms with Gasteiger partial charge in [-0.25, -0.2) is 0 Å². The van der Waals surface area contributed by atoms with E-state index < -0.39 is 6.10 Å². The maximum absolute atomic E-state index is 10.1. The highest BCUT2D eigenvalue weighted by atomic mass is 16.5. The number of nitrogens with zero attached hydrogens (tertiary/aromatic N) is 1. The van der Waals surface area contributed by atoms with Gasteiger partial charge in [0, 0.05) is 32.8 Å². The van der Waals surface area contributed by atoms with Crippen molar-refractivity contribution in [2.75, 3.05) is 53.1 Å². The second-order valence-electron chi connectivity index (χ2n) is 6.13. The van der Waals surface area contributed by atoms with Crippen molar-refractivity contribution in [3.8, 4) is 0 Å². The van der Waals surface area contributed by atoms with E-state index in [1.165, 1.54) is 12.8 Å². The fourth-order valence-electron chi connectivity index (χ4n) is 2.68. The number of hydrogen-bond acceptors (Lipinski definition) is 5. The lowest BCUT2D eigenvalue weighted by Gasteiger charge is -2.29. The molecule has 2 atom stereocenters. The summed E-state index contributed by atoms with van der Waals surface area (Å²) in [6.45, 7) is 9.80. The lowest BCUT2D eigenvalue weighted by molar-refractivity contribution is -0.00268. The first-order chi connectivity index (χ1) is 9.61. The monoisotopic (exact) mass is 288 g/mol. The van der Waals surface area contributed by atoms with Crippen molar-refractivity contribution in [2.45, 2.75) is 38.8 Å². The summed E-state index contributed by atoms with van der Waals surface area (Å²) in [6.07, 6.45) is 2.09. The Balaban J connectivity index is 2.26. The number of ether oxygens (including phenoxy) is 2. The topological polar surface area (TPSA) is 54.0 Å². The minimum absolute atomic E-state index is 0.385. The zero-order valence-electron chi connectivity index (χ0n) is 13.3. The number of aliphatic hydroxyl groups excluding tert-OH is 1. The molecule has 0 radical (unpaired) electrons. The number of aliphatic hydroxyl groups is 1. The normalized spacial score (nSPS) is 21.0. The Morgan fingerprint density at radius 2 is 2.10 bits per heavy atom. The molecule has 1 saturated heterocycles. The van der Waals surface area contributed by atoms with Crippen LogP contribution in [0.4, 0.5) is 0 Å². The molecule has 1 rings (SSSR count). The zero-order chi connectivity index (χ0) is 14.8. The minimum Gasteiger partial charge on any atom is -0.389 e. The molecule has 0 aromatic rings. The van der Waals surface area contributed by atoms with Gasteiger partial charge in [0.05, 0.1) is 25.9 Å². The maximum Gasteiger partial charge on any atom is 0.0900 e. The number of methoxy groups -OCH3 is 1. The summed E-state index contributed by atoms with van der Waals surface area (Å²) in [6, 6.07) is 0.579. The lowest BCUT2D eigenvalue weighted by Crippen LogP contribution is -2.43. The van der Waals surface area contributed by atoms with Crippen LogP contribution in [0, 0.1) is 5.92 Å². The van der Waals surface area contributed by atoms with Crippen LogP contribution in [0.25, 0.3) is 0 Å². The van der Waals surface area contributed by atoms with Gasteiger partial charge in [0.25, 0.3) is 0 Å². The molecule has 2 N–H and O–H groups in total. The van der Waals surface area contributed by atoms with Crippen molar-refractivity contribution in [1.29, 1.82) is 0 Å². The Bertz CT molecular complexity index is 233. The van der Waals surface area contributed by atoms with Crippen molar-refractivity contribution < 1.29 is 14.6 Å². The standard InChI is InChI=1S/C15H32N2O3/c1-13(2)9-17(10-14-5-4-6-16-14)11-15(18)12-20-8-7-19-3/h13-16,18H,4-12H2,1-3H3. The molecule has 1 aliphatic rings. The smallest absolute Gasteiger partial charge is 0.0900 e. The fraction of sp³-hybridized carbons (Fsp3) is 1.00. The van der Waals surface area contributed by atoms with E-state index >= 15 is 0 Å². The average molecular weight is 288 g/mol. The van der Waals surface area contributed by atoms with Gasteiger partial charge in [0.15, 0.2) is 0 Å². The number of nitrogens with one attached hydrogen (secondary N) is 1. The van der Waals surface area contributed by atoms with E-state index in [0.29, 0.717) is 38.3 Å². The lowest BCUT2D eigenvalue weighted by atomic mass is 10.1. The largest absolute Gasteiger partial charge is 0.389 e. The molecule has 1 heterocycles. The van der Waals surface area contributed by atoms with Crippen LogP contribution in [0.1, 0.15) is 26.7 Å². The van der Waals surface area contributed by atoms with Crippen LogP contribution >= 0.6 is 0 Å². The highest BCUT2D eigenvalue weighted by molar-refractivity contribution is 4.79. The summed E-state index contributed by atoms with van der Waals surface area (Å²) < 4.78 is 10.3. The maximum atomic E-state index is 10.1. The average Bonchev–Trinajstić information content (AvgIpc) is 2.86. The first-order valence-corrected chi connectivity index (χ1v) is 7.82. The Morgan fingerprint density at radius 1 is 1.30 bits per heavy atom. The second kappa shape index (κ2) is 10.5. The summed E-state index contributed by atoms with van der Waals surface area (Å²) in [7, 11) is 1.65. The van der Waals surface area contributed by atoms with E-state index in [9.17, 15) is 5.11 Å². The van der Waals surface area contributed by atoms with Gasteiger partial charge in [0.1, 0.15) is 0 Å². The van der Waals surface area contributed by atoms with Crippen molar-refractivity contribution >= 4 is 0 Å². The van der Waals surface area contributed by atoms with E-state index in [2.05, 4.69) is 24.1 Å². The number of rotatable bonds is 11. The molecule has 0 aromatic heterocycles. The van der Waals surface area contributed by atoms with E-state index in [0.717, 1.165) is 19.6 Å². The third-order valence-corrected chi connectivity index (χ3v) is 3.48. The van der Waals surface area contributed by atoms with Crippen molar-refractivity contribution in [2.24, 2.45) is 5.92 Å². The van der Waals surface area contributed by atoms with Gasteiger partial charge < -0.3 is 19.9 Å². The summed E-state index contributed by atoms with van der Waals surface area (Å²) in [4.78, 5) is 2.36. The summed E-state index contributed by atoms with van der Waals surface area (Å²) in [5.74, 6) is 0.609. The number of hydrogen-bond donors (Lipinski definition) is 2. The molecule has 5 heteroatoms. The van der Waals surface area contributed by atoms with E-state index in [1.807, 2.05) is 0 Å². The predicted molar refractivity (Wildman–Crippen MR) is 81.0 cm³/mol. The molecule has 20 heavy (non-hydrogen) atoms. The second-order valence-corrected chi connectivity index (χ2v) is 6.13. The van der Waals surface area contributed by atoms with Gasteiger partial charge in [-0.1, -0.05) is 13.8 Å². The highest BCUT2D eigenvalue weighted by Gasteiger charge is 2.20. The Kier molecular flexibility index (Phi) is 9.39. The summed E-state index contributed by atoms with van der Waals surface area (Å²) in [5, 5.41) is 13.6. The van der Waals surface area contributed by atoms with Crippen LogP contribution in [0.5, 0.6) is 0 Å². The molecular weight excluding hydrogens is 256 g/mol. The Morgan fingerprint density at radius 3 is 2.70 bits per heavy atom. The minimum atomic E-state index is -0.424.